The number of rotatable bonds is 10. The van der Waals surface area contributed by atoms with Crippen molar-refractivity contribution in [2.75, 3.05) is 22.9 Å². The van der Waals surface area contributed by atoms with Crippen molar-refractivity contribution in [1.29, 1.82) is 5.26 Å². The molecular formula is C42H47N3O3. The predicted octanol–water partition coefficient (Wildman–Crippen LogP) is 10.1. The molecule has 2 unspecified atom stereocenters. The maximum absolute atomic E-state index is 9.53. The van der Waals surface area contributed by atoms with Crippen LogP contribution < -0.4 is 14.5 Å². The third-order valence-electron chi connectivity index (χ3n) is 9.09. The van der Waals surface area contributed by atoms with Crippen LogP contribution in [0.25, 0.3) is 0 Å². The second-order valence-electron chi connectivity index (χ2n) is 13.1. The van der Waals surface area contributed by atoms with E-state index in [2.05, 4.69) is 84.5 Å². The van der Waals surface area contributed by atoms with Crippen molar-refractivity contribution in [3.8, 4) is 17.6 Å². The predicted molar refractivity (Wildman–Crippen MR) is 196 cm³/mol. The Labute approximate surface area is 285 Å². The Morgan fingerprint density at radius 1 is 0.750 bits per heavy atom. The third kappa shape index (κ3) is 9.23. The van der Waals surface area contributed by atoms with Crippen molar-refractivity contribution in [1.82, 2.24) is 0 Å². The summed E-state index contributed by atoms with van der Waals surface area (Å²) in [4.78, 5) is 4.69. The van der Waals surface area contributed by atoms with Gasteiger partial charge in [0.2, 0.25) is 0 Å². The number of nitrogens with zero attached hydrogens (tertiary/aromatic N) is 3. The summed E-state index contributed by atoms with van der Waals surface area (Å²) in [6, 6.07) is 33.8. The first-order valence-corrected chi connectivity index (χ1v) is 16.9. The molecule has 2 aliphatic heterocycles. The normalized spacial score (nSPS) is 16.9. The fourth-order valence-electron chi connectivity index (χ4n) is 6.86. The monoisotopic (exact) mass is 641 g/mol. The van der Waals surface area contributed by atoms with Crippen LogP contribution in [0.4, 0.5) is 11.4 Å². The van der Waals surface area contributed by atoms with Crippen molar-refractivity contribution < 1.29 is 14.9 Å². The molecular weight excluding hydrogens is 594 g/mol. The maximum atomic E-state index is 9.53. The van der Waals surface area contributed by atoms with Gasteiger partial charge in [0, 0.05) is 55.5 Å². The Morgan fingerprint density at radius 3 is 2.00 bits per heavy atom. The summed E-state index contributed by atoms with van der Waals surface area (Å²) in [5.74, 6) is 1.78. The number of benzene rings is 4. The molecule has 2 fully saturated rings. The lowest BCUT2D eigenvalue weighted by atomic mass is 10.0. The van der Waals surface area contributed by atoms with Crippen LogP contribution >= 0.6 is 0 Å². The number of hydrogen-bond acceptors (Lipinski definition) is 6. The summed E-state index contributed by atoms with van der Waals surface area (Å²) < 4.78 is 5.96. The van der Waals surface area contributed by atoms with Crippen LogP contribution in [0.15, 0.2) is 116 Å². The summed E-state index contributed by atoms with van der Waals surface area (Å²) in [6.07, 6.45) is 6.68. The molecule has 0 aliphatic carbocycles. The van der Waals surface area contributed by atoms with Crippen LogP contribution in [0.5, 0.6) is 11.5 Å². The second-order valence-corrected chi connectivity index (χ2v) is 13.1. The molecule has 0 bridgehead atoms. The van der Waals surface area contributed by atoms with Crippen LogP contribution in [0.2, 0.25) is 0 Å². The molecule has 4 aromatic rings. The number of aliphatic hydroxyl groups excluding tert-OH is 2. The van der Waals surface area contributed by atoms with E-state index in [1.165, 1.54) is 28.8 Å². The number of anilines is 2. The maximum Gasteiger partial charge on any atom is 0.145 e. The second kappa shape index (κ2) is 16.1. The van der Waals surface area contributed by atoms with Crippen LogP contribution in [-0.4, -0.2) is 35.4 Å². The minimum Gasteiger partial charge on any atom is -0.513 e. The lowest BCUT2D eigenvalue weighted by Gasteiger charge is -2.27. The number of aryl methyl sites for hydroxylation is 2. The average molecular weight is 642 g/mol. The minimum atomic E-state index is 0.225. The number of ether oxygens (including phenoxy) is 1. The van der Waals surface area contributed by atoms with E-state index >= 15 is 0 Å². The standard InChI is InChI=1S/C21H22N2O2.C21H25NO/c1-15-8-9-21(17(11-15)14-22)25-20-7-3-5-19(13-20)23-10-4-6-18(23)12-16(2)24;1-16-5-3-6-19(13-16)15-18-8-10-20(11-9-18)22-12-4-7-21(22)14-17(2)23/h3,5,7-9,11,13,18,24H,2,4,6,10,12H2,1H3;3,5-6,8-11,13,21,23H,2,4,7,12,14-15H2,1H3. The molecule has 0 saturated carbocycles. The Balaban J connectivity index is 0.000000188. The van der Waals surface area contributed by atoms with Gasteiger partial charge >= 0.3 is 0 Å². The van der Waals surface area contributed by atoms with E-state index in [0.29, 0.717) is 35.9 Å². The van der Waals surface area contributed by atoms with Gasteiger partial charge in [-0.25, -0.2) is 0 Å². The molecule has 2 heterocycles. The Morgan fingerprint density at radius 2 is 1.38 bits per heavy atom. The van der Waals surface area contributed by atoms with E-state index in [0.717, 1.165) is 50.0 Å². The van der Waals surface area contributed by atoms with Gasteiger partial charge in [0.25, 0.3) is 0 Å². The lowest BCUT2D eigenvalue weighted by molar-refractivity contribution is 0.375. The van der Waals surface area contributed by atoms with Crippen molar-refractivity contribution in [2.24, 2.45) is 0 Å². The minimum absolute atomic E-state index is 0.225. The van der Waals surface area contributed by atoms with E-state index in [1.807, 2.05) is 49.4 Å². The van der Waals surface area contributed by atoms with E-state index < -0.39 is 0 Å². The number of aliphatic hydroxyl groups is 2. The van der Waals surface area contributed by atoms with Gasteiger partial charge in [-0.3, -0.25) is 0 Å². The van der Waals surface area contributed by atoms with Crippen LogP contribution in [0.3, 0.4) is 0 Å². The highest BCUT2D eigenvalue weighted by Gasteiger charge is 2.26. The van der Waals surface area contributed by atoms with E-state index in [4.69, 9.17) is 4.74 Å². The van der Waals surface area contributed by atoms with Gasteiger partial charge in [0.05, 0.1) is 17.1 Å². The fourth-order valence-corrected chi connectivity index (χ4v) is 6.86. The third-order valence-corrected chi connectivity index (χ3v) is 9.09. The summed E-state index contributed by atoms with van der Waals surface area (Å²) in [5, 5.41) is 28.3. The summed E-state index contributed by atoms with van der Waals surface area (Å²) in [7, 11) is 0. The van der Waals surface area contributed by atoms with Crippen LogP contribution in [0, 0.1) is 25.2 Å². The molecule has 4 aromatic carbocycles. The van der Waals surface area contributed by atoms with Crippen molar-refractivity contribution >= 4 is 11.4 Å². The molecule has 6 nitrogen and oxygen atoms in total. The zero-order valence-electron chi connectivity index (χ0n) is 28.2. The quantitative estimate of drug-likeness (QED) is 0.168. The Bertz CT molecular complexity index is 1760. The largest absolute Gasteiger partial charge is 0.513 e. The molecule has 48 heavy (non-hydrogen) atoms. The fraction of sp³-hybridized carbons (Fsp3) is 0.310. The molecule has 248 valence electrons. The highest BCUT2D eigenvalue weighted by Crippen LogP contribution is 2.33. The number of hydrogen-bond donors (Lipinski definition) is 2. The van der Waals surface area contributed by atoms with Gasteiger partial charge < -0.3 is 24.7 Å². The molecule has 0 aromatic heterocycles. The van der Waals surface area contributed by atoms with Crippen LogP contribution in [0.1, 0.15) is 66.3 Å². The Hall–Kier alpha value is -5.15. The first-order chi connectivity index (χ1) is 23.2. The highest BCUT2D eigenvalue weighted by molar-refractivity contribution is 5.55. The molecule has 6 heteroatoms. The topological polar surface area (TPSA) is 80.0 Å². The van der Waals surface area contributed by atoms with Gasteiger partial charge in [-0.2, -0.15) is 5.26 Å². The Kier molecular flexibility index (Phi) is 11.5. The average Bonchev–Trinajstić information content (AvgIpc) is 3.72. The molecule has 0 radical (unpaired) electrons. The van der Waals surface area contributed by atoms with Crippen LogP contribution in [-0.2, 0) is 6.42 Å². The van der Waals surface area contributed by atoms with Gasteiger partial charge in [-0.15, -0.1) is 0 Å². The number of nitriles is 1. The zero-order valence-corrected chi connectivity index (χ0v) is 28.2. The first kappa shape index (κ1) is 34.2. The zero-order chi connectivity index (χ0) is 34.0. The van der Waals surface area contributed by atoms with Gasteiger partial charge in [-0.1, -0.05) is 67.3 Å². The van der Waals surface area contributed by atoms with Crippen molar-refractivity contribution in [2.45, 2.75) is 70.9 Å². The molecule has 2 saturated heterocycles. The summed E-state index contributed by atoms with van der Waals surface area (Å²) in [6.45, 7) is 13.4. The lowest BCUT2D eigenvalue weighted by Crippen LogP contribution is -2.29. The molecule has 2 N–H and O–H groups in total. The highest BCUT2D eigenvalue weighted by atomic mass is 16.5. The van der Waals surface area contributed by atoms with E-state index in [9.17, 15) is 15.5 Å². The van der Waals surface area contributed by atoms with Crippen molar-refractivity contribution in [3.63, 3.8) is 0 Å². The van der Waals surface area contributed by atoms with Crippen molar-refractivity contribution in [3.05, 3.63) is 143 Å². The van der Waals surface area contributed by atoms with E-state index in [1.54, 1.807) is 0 Å². The van der Waals surface area contributed by atoms with Gasteiger partial charge in [-0.05, 0) is 99.0 Å². The molecule has 2 atom stereocenters. The summed E-state index contributed by atoms with van der Waals surface area (Å²) >= 11 is 0. The molecule has 2 aliphatic rings. The summed E-state index contributed by atoms with van der Waals surface area (Å²) in [5.41, 5.74) is 7.87. The molecule has 0 spiro atoms. The first-order valence-electron chi connectivity index (χ1n) is 16.9. The smallest absolute Gasteiger partial charge is 0.145 e. The molecule has 6 rings (SSSR count). The van der Waals surface area contributed by atoms with Gasteiger partial charge in [0.1, 0.15) is 17.6 Å². The SMILES string of the molecule is C=C(O)CC1CCCN1c1ccc(Cc2cccc(C)c2)cc1.C=C(O)CC1CCCN1c1cccc(Oc2ccc(C)cc2C#N)c1. The van der Waals surface area contributed by atoms with Gasteiger partial charge in [0.15, 0.2) is 0 Å². The van der Waals surface area contributed by atoms with E-state index in [-0.39, 0.29) is 17.6 Å². The molecule has 0 amide bonds.